The molecule has 0 aliphatic carbocycles. The predicted octanol–water partition coefficient (Wildman–Crippen LogP) is 6.22. The number of nitrogens with one attached hydrogen (secondary N) is 2. The SMILES string of the molecule is COc1ccc(N2CN=NN2)cc1C(=O)N(C)CC(CCN1CCC(Nc2nc3ccccc3n2CC(F)(F)F)CC1)c1ccc(F)cc1. The van der Waals surface area contributed by atoms with Gasteiger partial charge in [-0.25, -0.2) is 14.4 Å². The number of fused-ring (bicyclic) bond motifs is 1. The van der Waals surface area contributed by atoms with Gasteiger partial charge >= 0.3 is 6.18 Å². The Balaban J connectivity index is 1.09. The summed E-state index contributed by atoms with van der Waals surface area (Å²) in [7, 11) is 3.26. The van der Waals surface area contributed by atoms with E-state index >= 15 is 0 Å². The molecule has 1 fully saturated rings. The van der Waals surface area contributed by atoms with Gasteiger partial charge in [0.15, 0.2) is 6.67 Å². The summed E-state index contributed by atoms with van der Waals surface area (Å²) in [6.45, 7) is 1.81. The minimum Gasteiger partial charge on any atom is -0.496 e. The monoisotopic (exact) mass is 681 g/mol. The van der Waals surface area contributed by atoms with Crippen molar-refractivity contribution in [1.29, 1.82) is 0 Å². The van der Waals surface area contributed by atoms with Crippen molar-refractivity contribution in [2.24, 2.45) is 10.3 Å². The number of likely N-dealkylation sites (N-methyl/N-ethyl adjacent to an activating group) is 1. The average Bonchev–Trinajstić information content (AvgIpc) is 3.75. The van der Waals surface area contributed by atoms with Gasteiger partial charge in [-0.1, -0.05) is 29.5 Å². The van der Waals surface area contributed by atoms with E-state index in [4.69, 9.17) is 4.74 Å². The zero-order valence-electron chi connectivity index (χ0n) is 27.3. The number of imidazole rings is 1. The van der Waals surface area contributed by atoms with E-state index in [9.17, 15) is 22.4 Å². The molecule has 0 bridgehead atoms. The Kier molecular flexibility index (Phi) is 10.2. The van der Waals surface area contributed by atoms with Crippen LogP contribution in [-0.4, -0.2) is 84.5 Å². The number of anilines is 2. The first-order valence-corrected chi connectivity index (χ1v) is 16.2. The van der Waals surface area contributed by atoms with Gasteiger partial charge in [0, 0.05) is 38.6 Å². The quantitative estimate of drug-likeness (QED) is 0.171. The highest BCUT2D eigenvalue weighted by Gasteiger charge is 2.31. The third-order valence-corrected chi connectivity index (χ3v) is 9.05. The number of piperidine rings is 1. The van der Waals surface area contributed by atoms with Gasteiger partial charge < -0.3 is 24.4 Å². The Morgan fingerprint density at radius 2 is 1.86 bits per heavy atom. The Morgan fingerprint density at radius 3 is 2.55 bits per heavy atom. The molecule has 4 aromatic rings. The van der Waals surface area contributed by atoms with Crippen molar-refractivity contribution in [2.45, 2.75) is 43.9 Å². The van der Waals surface area contributed by atoms with E-state index in [1.807, 2.05) is 6.07 Å². The number of amides is 1. The molecule has 1 amide bonds. The molecule has 2 aliphatic rings. The van der Waals surface area contributed by atoms with Crippen molar-refractivity contribution in [3.8, 4) is 5.75 Å². The van der Waals surface area contributed by atoms with Crippen LogP contribution in [0.15, 0.2) is 77.1 Å². The number of carbonyl (C=O) groups excluding carboxylic acids is 1. The smallest absolute Gasteiger partial charge is 0.406 e. The highest BCUT2D eigenvalue weighted by molar-refractivity contribution is 5.98. The molecule has 1 aromatic heterocycles. The van der Waals surface area contributed by atoms with E-state index in [-0.39, 0.29) is 29.6 Å². The van der Waals surface area contributed by atoms with E-state index in [0.29, 0.717) is 47.7 Å². The molecule has 15 heteroatoms. The standard InChI is InChI=1S/C34H39F4N9O2/c1-44(32(48)28-19-27(11-12-31(28)49-2)47-22-39-42-43-47)20-24(23-7-9-25(35)10-8-23)13-16-45-17-14-26(15-18-45)40-33-41-29-5-3-4-6-30(29)46(33)21-34(36,37)38/h3-12,19,24,26H,13-18,20-22H2,1-2H3,(H,39,43)(H,40,41). The van der Waals surface area contributed by atoms with Crippen LogP contribution in [0, 0.1) is 5.82 Å². The summed E-state index contributed by atoms with van der Waals surface area (Å²) in [5.74, 6) is 0.0326. The van der Waals surface area contributed by atoms with Crippen molar-refractivity contribution in [2.75, 3.05) is 57.3 Å². The van der Waals surface area contributed by atoms with E-state index < -0.39 is 12.7 Å². The van der Waals surface area contributed by atoms with Crippen molar-refractivity contribution >= 4 is 28.6 Å². The molecule has 2 aliphatic heterocycles. The first-order valence-electron chi connectivity index (χ1n) is 16.2. The lowest BCUT2D eigenvalue weighted by molar-refractivity contribution is -0.139. The van der Waals surface area contributed by atoms with Crippen LogP contribution in [0.3, 0.4) is 0 Å². The molecule has 1 saturated heterocycles. The first kappa shape index (κ1) is 34.0. The van der Waals surface area contributed by atoms with Gasteiger partial charge in [-0.15, -0.1) is 5.11 Å². The van der Waals surface area contributed by atoms with Crippen molar-refractivity contribution < 1.29 is 27.1 Å². The summed E-state index contributed by atoms with van der Waals surface area (Å²) in [5.41, 5.74) is 5.78. The normalized spacial score (nSPS) is 16.2. The minimum absolute atomic E-state index is 0.0273. The molecule has 3 aromatic carbocycles. The van der Waals surface area contributed by atoms with Gasteiger partial charge in [0.05, 0.1) is 29.4 Å². The molecule has 6 rings (SSSR count). The van der Waals surface area contributed by atoms with Gasteiger partial charge in [0.1, 0.15) is 18.1 Å². The first-order chi connectivity index (χ1) is 23.6. The highest BCUT2D eigenvalue weighted by atomic mass is 19.4. The molecule has 1 unspecified atom stereocenters. The third-order valence-electron chi connectivity index (χ3n) is 9.05. The number of hydrogen-bond donors (Lipinski definition) is 2. The van der Waals surface area contributed by atoms with Gasteiger partial charge in [-0.3, -0.25) is 4.79 Å². The van der Waals surface area contributed by atoms with Crippen LogP contribution in [-0.2, 0) is 6.54 Å². The molecule has 260 valence electrons. The second kappa shape index (κ2) is 14.7. The summed E-state index contributed by atoms with van der Waals surface area (Å²) in [5, 5.41) is 12.7. The summed E-state index contributed by atoms with van der Waals surface area (Å²) < 4.78 is 60.9. The fourth-order valence-electron chi connectivity index (χ4n) is 6.45. The lowest BCUT2D eigenvalue weighted by Crippen LogP contribution is -2.41. The number of para-hydroxylation sites is 2. The van der Waals surface area contributed by atoms with Crippen LogP contribution in [0.25, 0.3) is 11.0 Å². The van der Waals surface area contributed by atoms with Crippen LogP contribution in [0.4, 0.5) is 29.2 Å². The minimum atomic E-state index is -4.38. The number of likely N-dealkylation sites (tertiary alicyclic amines) is 1. The maximum atomic E-state index is 13.9. The van der Waals surface area contributed by atoms with Crippen LogP contribution in [0.1, 0.15) is 41.1 Å². The molecule has 0 saturated carbocycles. The summed E-state index contributed by atoms with van der Waals surface area (Å²) in [6, 6.07) is 18.5. The Bertz CT molecular complexity index is 1760. The molecule has 2 N–H and O–H groups in total. The van der Waals surface area contributed by atoms with Crippen molar-refractivity contribution in [1.82, 2.24) is 24.9 Å². The zero-order valence-corrected chi connectivity index (χ0v) is 27.3. The van der Waals surface area contributed by atoms with Crippen LogP contribution >= 0.6 is 0 Å². The summed E-state index contributed by atoms with van der Waals surface area (Å²) >= 11 is 0. The molecule has 0 radical (unpaired) electrons. The molecular formula is C34H39F4N9O2. The Labute approximate surface area is 281 Å². The molecule has 11 nitrogen and oxygen atoms in total. The molecule has 1 atom stereocenters. The van der Waals surface area contributed by atoms with Gasteiger partial charge in [-0.2, -0.15) is 18.7 Å². The van der Waals surface area contributed by atoms with Gasteiger partial charge in [-0.05, 0) is 73.8 Å². The van der Waals surface area contributed by atoms with Crippen molar-refractivity contribution in [3.05, 3.63) is 83.7 Å². The van der Waals surface area contributed by atoms with Gasteiger partial charge in [0.2, 0.25) is 5.95 Å². The molecular weight excluding hydrogens is 642 g/mol. The van der Waals surface area contributed by atoms with E-state index in [0.717, 1.165) is 38.0 Å². The number of aromatic nitrogens is 2. The molecule has 3 heterocycles. The van der Waals surface area contributed by atoms with E-state index in [1.165, 1.54) is 23.8 Å². The number of benzene rings is 3. The van der Waals surface area contributed by atoms with E-state index in [1.54, 1.807) is 65.5 Å². The highest BCUT2D eigenvalue weighted by Crippen LogP contribution is 2.30. The number of carbonyl (C=O) groups is 1. The number of hydrazine groups is 1. The van der Waals surface area contributed by atoms with Crippen LogP contribution in [0.5, 0.6) is 5.75 Å². The fraction of sp³-hybridized carbons (Fsp3) is 0.412. The van der Waals surface area contributed by atoms with Gasteiger partial charge in [0.25, 0.3) is 5.91 Å². The molecule has 49 heavy (non-hydrogen) atoms. The maximum Gasteiger partial charge on any atom is 0.406 e. The average molecular weight is 682 g/mol. The number of nitrogens with zero attached hydrogens (tertiary/aromatic N) is 7. The van der Waals surface area contributed by atoms with Crippen LogP contribution in [0.2, 0.25) is 0 Å². The number of alkyl halides is 3. The largest absolute Gasteiger partial charge is 0.496 e. The Hall–Kier alpha value is -4.92. The summed E-state index contributed by atoms with van der Waals surface area (Å²) in [4.78, 5) is 22.2. The zero-order chi connectivity index (χ0) is 34.5. The second-order valence-electron chi connectivity index (χ2n) is 12.4. The molecule has 0 spiro atoms. The van der Waals surface area contributed by atoms with Crippen LogP contribution < -0.4 is 20.6 Å². The topological polar surface area (TPSA) is 103 Å². The maximum absolute atomic E-state index is 13.9. The second-order valence-corrected chi connectivity index (χ2v) is 12.4. The number of hydrogen-bond acceptors (Lipinski definition) is 9. The Morgan fingerprint density at radius 1 is 1.10 bits per heavy atom. The lowest BCUT2D eigenvalue weighted by Gasteiger charge is -2.34. The third kappa shape index (κ3) is 8.21. The summed E-state index contributed by atoms with van der Waals surface area (Å²) in [6.07, 6.45) is -2.20. The number of rotatable bonds is 12. The fourth-order valence-corrected chi connectivity index (χ4v) is 6.45. The number of ether oxygens (including phenoxy) is 1. The number of methoxy groups -OCH3 is 1. The lowest BCUT2D eigenvalue weighted by atomic mass is 9.94. The van der Waals surface area contributed by atoms with Crippen molar-refractivity contribution in [3.63, 3.8) is 0 Å². The number of halogens is 4. The predicted molar refractivity (Wildman–Crippen MR) is 178 cm³/mol. The van der Waals surface area contributed by atoms with E-state index in [2.05, 4.69) is 31.1 Å².